The average molecular weight is 260 g/mol. The lowest BCUT2D eigenvalue weighted by Gasteiger charge is -2.03. The molecular weight excluding hydrogens is 246 g/mol. The molecule has 0 atom stereocenters. The van der Waals surface area contributed by atoms with Crippen molar-refractivity contribution in [1.82, 2.24) is 0 Å². The van der Waals surface area contributed by atoms with Crippen molar-refractivity contribution in [1.29, 1.82) is 0 Å². The van der Waals surface area contributed by atoms with E-state index in [9.17, 15) is 4.79 Å². The highest BCUT2D eigenvalue weighted by Gasteiger charge is 2.07. The van der Waals surface area contributed by atoms with Crippen molar-refractivity contribution in [3.8, 4) is 0 Å². The van der Waals surface area contributed by atoms with Crippen LogP contribution in [0.5, 0.6) is 0 Å². The first-order chi connectivity index (χ1) is 8.27. The number of ketones is 1. The smallest absolute Gasteiger partial charge is 0.174 e. The lowest BCUT2D eigenvalue weighted by molar-refractivity contribution is -0.378. The molecule has 0 saturated heterocycles. The fraction of sp³-hybridized carbons (Fsp3) is 0.0667. The number of pyridine rings is 1. The van der Waals surface area contributed by atoms with Gasteiger partial charge in [-0.1, -0.05) is 30.3 Å². The van der Waals surface area contributed by atoms with Gasteiger partial charge < -0.3 is 12.4 Å². The summed E-state index contributed by atoms with van der Waals surface area (Å²) in [5.41, 5.74) is 2.66. The fourth-order valence-corrected chi connectivity index (χ4v) is 1.67. The molecule has 1 aromatic heterocycles. The van der Waals surface area contributed by atoms with Gasteiger partial charge in [-0.25, -0.2) is 4.98 Å². The number of H-pyrrole nitrogens is 1. The molecule has 1 N–H and O–H groups in total. The summed E-state index contributed by atoms with van der Waals surface area (Å²) in [7, 11) is 0. The Balaban J connectivity index is 0.00000162. The lowest BCUT2D eigenvalue weighted by Crippen LogP contribution is -3.00. The Morgan fingerprint density at radius 1 is 1.11 bits per heavy atom. The van der Waals surface area contributed by atoms with Crippen LogP contribution in [0.4, 0.5) is 0 Å². The van der Waals surface area contributed by atoms with Gasteiger partial charge in [0.15, 0.2) is 18.2 Å². The topological polar surface area (TPSA) is 31.2 Å². The number of nitrogens with one attached hydrogen (secondary N) is 1. The summed E-state index contributed by atoms with van der Waals surface area (Å²) in [4.78, 5) is 14.7. The molecule has 92 valence electrons. The first kappa shape index (κ1) is 14.1. The van der Waals surface area contributed by atoms with E-state index in [0.29, 0.717) is 0 Å². The van der Waals surface area contributed by atoms with E-state index >= 15 is 0 Å². The van der Waals surface area contributed by atoms with E-state index in [1.165, 1.54) is 0 Å². The Labute approximate surface area is 113 Å². The third kappa shape index (κ3) is 3.54. The molecule has 0 aliphatic heterocycles. The van der Waals surface area contributed by atoms with E-state index in [2.05, 4.69) is 4.98 Å². The Hall–Kier alpha value is -1.93. The SMILES string of the molecule is CC(=O)/C(=C/c1ccc[nH+]c1)c1ccccc1.[Cl-]. The number of carbonyl (C=O) groups is 1. The third-order valence-corrected chi connectivity index (χ3v) is 2.51. The lowest BCUT2D eigenvalue weighted by atomic mass is 10.0. The highest BCUT2D eigenvalue weighted by atomic mass is 35.5. The van der Waals surface area contributed by atoms with Crippen LogP contribution in [0.25, 0.3) is 11.6 Å². The van der Waals surface area contributed by atoms with Crippen molar-refractivity contribution < 1.29 is 22.2 Å². The number of allylic oxidation sites excluding steroid dienone is 1. The summed E-state index contributed by atoms with van der Waals surface area (Å²) < 4.78 is 0. The molecule has 0 aliphatic rings. The van der Waals surface area contributed by atoms with Crippen LogP contribution in [-0.2, 0) is 4.79 Å². The van der Waals surface area contributed by atoms with Crippen molar-refractivity contribution in [3.05, 3.63) is 66.0 Å². The van der Waals surface area contributed by atoms with Crippen molar-refractivity contribution in [2.24, 2.45) is 0 Å². The zero-order valence-electron chi connectivity index (χ0n) is 10.1. The fourth-order valence-electron chi connectivity index (χ4n) is 1.67. The first-order valence-electron chi connectivity index (χ1n) is 5.51. The number of carbonyl (C=O) groups excluding carboxylic acids is 1. The van der Waals surface area contributed by atoms with Gasteiger partial charge in [0.1, 0.15) is 0 Å². The highest BCUT2D eigenvalue weighted by Crippen LogP contribution is 2.18. The number of benzene rings is 1. The van der Waals surface area contributed by atoms with Gasteiger partial charge in [-0.05, 0) is 24.6 Å². The zero-order valence-corrected chi connectivity index (χ0v) is 10.8. The Morgan fingerprint density at radius 2 is 1.83 bits per heavy atom. The zero-order chi connectivity index (χ0) is 12.1. The standard InChI is InChI=1S/C15H13NO.ClH/c1-12(17)15(14-7-3-2-4-8-14)10-13-6-5-9-16-11-13;/h2-11H,1H3;1H/b15-10-;. The molecule has 0 bridgehead atoms. The second-order valence-electron chi connectivity index (χ2n) is 3.82. The van der Waals surface area contributed by atoms with Crippen molar-refractivity contribution >= 4 is 17.4 Å². The van der Waals surface area contributed by atoms with Crippen LogP contribution in [0, 0.1) is 0 Å². The van der Waals surface area contributed by atoms with E-state index in [-0.39, 0.29) is 18.2 Å². The summed E-state index contributed by atoms with van der Waals surface area (Å²) in [6.07, 6.45) is 5.60. The molecule has 0 amide bonds. The maximum Gasteiger partial charge on any atom is 0.174 e. The third-order valence-electron chi connectivity index (χ3n) is 2.51. The van der Waals surface area contributed by atoms with Gasteiger partial charge in [-0.2, -0.15) is 0 Å². The number of aromatic amines is 1. The van der Waals surface area contributed by atoms with Crippen LogP contribution >= 0.6 is 0 Å². The highest BCUT2D eigenvalue weighted by molar-refractivity contribution is 6.24. The van der Waals surface area contributed by atoms with E-state index in [1.54, 1.807) is 6.92 Å². The number of Topliss-reactive ketones (excluding diaryl/α,β-unsaturated/α-hetero) is 1. The molecule has 0 fully saturated rings. The molecule has 3 heteroatoms. The molecule has 1 heterocycles. The maximum atomic E-state index is 11.7. The minimum Gasteiger partial charge on any atom is -1.00 e. The number of rotatable bonds is 3. The molecule has 0 spiro atoms. The van der Waals surface area contributed by atoms with Crippen LogP contribution in [0.3, 0.4) is 0 Å². The molecule has 18 heavy (non-hydrogen) atoms. The Bertz CT molecular complexity index is 535. The second kappa shape index (κ2) is 6.72. The normalized spacial score (nSPS) is 10.6. The minimum atomic E-state index is 0. The van der Waals surface area contributed by atoms with E-state index in [4.69, 9.17) is 0 Å². The van der Waals surface area contributed by atoms with Crippen LogP contribution < -0.4 is 17.4 Å². The van der Waals surface area contributed by atoms with Gasteiger partial charge in [-0.3, -0.25) is 4.79 Å². The van der Waals surface area contributed by atoms with Gasteiger partial charge in [0.25, 0.3) is 0 Å². The van der Waals surface area contributed by atoms with Gasteiger partial charge in [0.2, 0.25) is 0 Å². The Kier molecular flexibility index (Phi) is 5.28. The Morgan fingerprint density at radius 3 is 2.39 bits per heavy atom. The molecule has 0 unspecified atom stereocenters. The largest absolute Gasteiger partial charge is 1.00 e. The average Bonchev–Trinajstić information content (AvgIpc) is 2.38. The molecule has 0 aliphatic carbocycles. The minimum absolute atomic E-state index is 0. The summed E-state index contributed by atoms with van der Waals surface area (Å²) in [5.74, 6) is 0.0695. The number of hydrogen-bond donors (Lipinski definition) is 0. The van der Waals surface area contributed by atoms with Crippen molar-refractivity contribution in [2.75, 3.05) is 0 Å². The number of hydrogen-bond acceptors (Lipinski definition) is 1. The molecule has 2 rings (SSSR count). The summed E-state index contributed by atoms with van der Waals surface area (Å²) >= 11 is 0. The van der Waals surface area contributed by atoms with Crippen molar-refractivity contribution in [2.45, 2.75) is 6.92 Å². The molecule has 2 nitrogen and oxygen atoms in total. The summed E-state index contributed by atoms with van der Waals surface area (Å²) in [6, 6.07) is 13.6. The maximum absolute atomic E-state index is 11.7. The van der Waals surface area contributed by atoms with Crippen LogP contribution in [0.1, 0.15) is 18.1 Å². The quantitative estimate of drug-likeness (QED) is 0.693. The first-order valence-corrected chi connectivity index (χ1v) is 5.51. The number of aromatic nitrogens is 1. The summed E-state index contributed by atoms with van der Waals surface area (Å²) in [5, 5.41) is 0. The van der Waals surface area contributed by atoms with Crippen molar-refractivity contribution in [3.63, 3.8) is 0 Å². The van der Waals surface area contributed by atoms with Crippen LogP contribution in [0.2, 0.25) is 0 Å². The van der Waals surface area contributed by atoms with E-state index < -0.39 is 0 Å². The molecular formula is C15H14ClNO. The van der Waals surface area contributed by atoms with Gasteiger partial charge in [0.05, 0.1) is 0 Å². The predicted octanol–water partition coefficient (Wildman–Crippen LogP) is -0.366. The van der Waals surface area contributed by atoms with Crippen LogP contribution in [0.15, 0.2) is 54.9 Å². The van der Waals surface area contributed by atoms with Gasteiger partial charge in [0, 0.05) is 17.2 Å². The molecule has 1 aromatic carbocycles. The van der Waals surface area contributed by atoms with E-state index in [0.717, 1.165) is 16.7 Å². The molecule has 0 saturated carbocycles. The van der Waals surface area contributed by atoms with E-state index in [1.807, 2.05) is 60.9 Å². The van der Waals surface area contributed by atoms with Gasteiger partial charge in [-0.15, -0.1) is 0 Å². The number of halogens is 1. The van der Waals surface area contributed by atoms with Crippen LogP contribution in [-0.4, -0.2) is 5.78 Å². The monoisotopic (exact) mass is 259 g/mol. The second-order valence-corrected chi connectivity index (χ2v) is 3.82. The van der Waals surface area contributed by atoms with Gasteiger partial charge >= 0.3 is 0 Å². The summed E-state index contributed by atoms with van der Waals surface area (Å²) in [6.45, 7) is 1.59. The molecule has 0 radical (unpaired) electrons. The predicted molar refractivity (Wildman–Crippen MR) is 68.0 cm³/mol. The molecule has 2 aromatic rings.